The number of nitrogens with one attached hydrogen (secondary N) is 2. The van der Waals surface area contributed by atoms with Crippen LogP contribution in [-0.2, 0) is 12.8 Å². The first kappa shape index (κ1) is 22.8. The molecule has 6 heteroatoms. The van der Waals surface area contributed by atoms with Gasteiger partial charge < -0.3 is 20.6 Å². The van der Waals surface area contributed by atoms with E-state index in [1.807, 2.05) is 13.0 Å². The first-order valence-corrected chi connectivity index (χ1v) is 11.4. The summed E-state index contributed by atoms with van der Waals surface area (Å²) in [5.41, 5.74) is 6.12. The van der Waals surface area contributed by atoms with Crippen LogP contribution in [0.2, 0.25) is 0 Å². The maximum Gasteiger partial charge on any atom is 0.173 e. The summed E-state index contributed by atoms with van der Waals surface area (Å²) in [6.45, 7) is 5.30. The topological polar surface area (TPSA) is 77.5 Å². The fourth-order valence-corrected chi connectivity index (χ4v) is 4.42. The van der Waals surface area contributed by atoms with Crippen molar-refractivity contribution in [2.24, 2.45) is 5.92 Å². The molecule has 3 aromatic rings. The molecule has 0 saturated carbocycles. The maximum atomic E-state index is 13.4. The average Bonchev–Trinajstić information content (AvgIpc) is 2.90. The predicted octanol–water partition coefficient (Wildman–Crippen LogP) is 5.45. The number of nitrogens with zero attached hydrogens (tertiary/aromatic N) is 2. The molecular weight excluding hydrogens is 412 g/mol. The number of phenolic OH excluding ortho intramolecular Hbond substituents is 1. The monoisotopic (exact) mass is 444 g/mol. The van der Waals surface area contributed by atoms with Gasteiger partial charge in [0, 0.05) is 36.6 Å². The van der Waals surface area contributed by atoms with Gasteiger partial charge >= 0.3 is 0 Å². The van der Waals surface area contributed by atoms with Crippen molar-refractivity contribution in [3.05, 3.63) is 70.9 Å². The number of carbonyl (C=O) groups excluding carboxylic acids is 1. The molecule has 0 aliphatic carbocycles. The Hall–Kier alpha value is -3.38. The SMILES string of the molecule is Cc1ccc(O)cc1Nc1ccnc2c1C(=O)Cc1cc(CCC(C)CN(C)C)ccc1N2. The number of aromatic nitrogens is 1. The van der Waals surface area contributed by atoms with E-state index in [0.29, 0.717) is 29.4 Å². The Morgan fingerprint density at radius 3 is 2.76 bits per heavy atom. The van der Waals surface area contributed by atoms with Gasteiger partial charge in [0.25, 0.3) is 0 Å². The smallest absolute Gasteiger partial charge is 0.173 e. The van der Waals surface area contributed by atoms with Crippen molar-refractivity contribution in [3.63, 3.8) is 0 Å². The summed E-state index contributed by atoms with van der Waals surface area (Å²) >= 11 is 0. The van der Waals surface area contributed by atoms with Crippen LogP contribution in [-0.4, -0.2) is 41.4 Å². The Morgan fingerprint density at radius 1 is 1.15 bits per heavy atom. The number of aromatic hydroxyl groups is 1. The number of aryl methyl sites for hydroxylation is 2. The first-order chi connectivity index (χ1) is 15.8. The minimum absolute atomic E-state index is 0.0165. The Balaban J connectivity index is 1.58. The number of Topliss-reactive ketones (excluding diaryl/α,β-unsaturated/α-hetero) is 1. The molecule has 1 atom stereocenters. The van der Waals surface area contributed by atoms with E-state index in [2.05, 4.69) is 59.7 Å². The van der Waals surface area contributed by atoms with Crippen LogP contribution in [0.4, 0.5) is 22.9 Å². The zero-order valence-corrected chi connectivity index (χ0v) is 19.8. The van der Waals surface area contributed by atoms with E-state index < -0.39 is 0 Å². The molecule has 1 unspecified atom stereocenters. The van der Waals surface area contributed by atoms with Crippen molar-refractivity contribution in [2.75, 3.05) is 31.3 Å². The second kappa shape index (κ2) is 9.63. The Kier molecular flexibility index (Phi) is 6.65. The molecule has 33 heavy (non-hydrogen) atoms. The molecular formula is C27H32N4O2. The molecule has 2 heterocycles. The molecule has 0 spiro atoms. The van der Waals surface area contributed by atoms with Crippen LogP contribution in [0.15, 0.2) is 48.7 Å². The van der Waals surface area contributed by atoms with E-state index in [1.165, 1.54) is 5.56 Å². The van der Waals surface area contributed by atoms with Gasteiger partial charge in [0.15, 0.2) is 5.78 Å². The molecule has 0 saturated heterocycles. The van der Waals surface area contributed by atoms with Crippen LogP contribution in [0.3, 0.4) is 0 Å². The maximum absolute atomic E-state index is 13.4. The van der Waals surface area contributed by atoms with Crippen molar-refractivity contribution < 1.29 is 9.90 Å². The van der Waals surface area contributed by atoms with Crippen LogP contribution in [0, 0.1) is 12.8 Å². The number of fused-ring (bicyclic) bond motifs is 2. The van der Waals surface area contributed by atoms with Gasteiger partial charge in [0.1, 0.15) is 11.6 Å². The zero-order chi connectivity index (χ0) is 23.5. The molecule has 1 aliphatic rings. The lowest BCUT2D eigenvalue weighted by Crippen LogP contribution is -2.20. The lowest BCUT2D eigenvalue weighted by molar-refractivity contribution is 0.0995. The van der Waals surface area contributed by atoms with Crippen LogP contribution in [0.1, 0.15) is 40.4 Å². The van der Waals surface area contributed by atoms with Crippen molar-refractivity contribution in [1.29, 1.82) is 0 Å². The number of carbonyl (C=O) groups is 1. The zero-order valence-electron chi connectivity index (χ0n) is 19.8. The summed E-state index contributed by atoms with van der Waals surface area (Å²) in [6.07, 6.45) is 4.10. The van der Waals surface area contributed by atoms with Gasteiger partial charge in [-0.15, -0.1) is 0 Å². The number of rotatable bonds is 7. The van der Waals surface area contributed by atoms with E-state index >= 15 is 0 Å². The first-order valence-electron chi connectivity index (χ1n) is 11.4. The number of pyridine rings is 1. The average molecular weight is 445 g/mol. The third-order valence-corrected chi connectivity index (χ3v) is 6.10. The van der Waals surface area contributed by atoms with E-state index in [1.54, 1.807) is 24.4 Å². The van der Waals surface area contributed by atoms with Gasteiger partial charge in [0.2, 0.25) is 0 Å². The highest BCUT2D eigenvalue weighted by molar-refractivity contribution is 6.09. The molecule has 0 fully saturated rings. The molecule has 2 aromatic carbocycles. The van der Waals surface area contributed by atoms with Crippen LogP contribution < -0.4 is 10.6 Å². The number of ketones is 1. The van der Waals surface area contributed by atoms with Crippen molar-refractivity contribution in [1.82, 2.24) is 9.88 Å². The largest absolute Gasteiger partial charge is 0.508 e. The van der Waals surface area contributed by atoms with Crippen molar-refractivity contribution >= 4 is 28.7 Å². The van der Waals surface area contributed by atoms with E-state index in [9.17, 15) is 9.90 Å². The fourth-order valence-electron chi connectivity index (χ4n) is 4.42. The molecule has 6 nitrogen and oxygen atoms in total. The third kappa shape index (κ3) is 5.34. The summed E-state index contributed by atoms with van der Waals surface area (Å²) in [7, 11) is 4.21. The van der Waals surface area contributed by atoms with E-state index in [0.717, 1.165) is 41.9 Å². The Bertz CT molecular complexity index is 1170. The van der Waals surface area contributed by atoms with Gasteiger partial charge in [-0.1, -0.05) is 25.1 Å². The second-order valence-electron chi connectivity index (χ2n) is 9.33. The Labute approximate surface area is 195 Å². The number of benzene rings is 2. The van der Waals surface area contributed by atoms with Gasteiger partial charge in [-0.05, 0) is 74.7 Å². The molecule has 3 N–H and O–H groups in total. The number of phenols is 1. The summed E-state index contributed by atoms with van der Waals surface area (Å²) < 4.78 is 0. The molecule has 1 aliphatic heterocycles. The number of hydrogen-bond donors (Lipinski definition) is 3. The normalized spacial score (nSPS) is 13.7. The van der Waals surface area contributed by atoms with Crippen molar-refractivity contribution in [2.45, 2.75) is 33.1 Å². The predicted molar refractivity (Wildman–Crippen MR) is 134 cm³/mol. The quantitative estimate of drug-likeness (QED) is 0.450. The highest BCUT2D eigenvalue weighted by Gasteiger charge is 2.24. The molecule has 0 radical (unpaired) electrons. The minimum Gasteiger partial charge on any atom is -0.508 e. The lowest BCUT2D eigenvalue weighted by atomic mass is 9.96. The van der Waals surface area contributed by atoms with Gasteiger partial charge in [-0.3, -0.25) is 4.79 Å². The van der Waals surface area contributed by atoms with Gasteiger partial charge in [-0.25, -0.2) is 4.98 Å². The van der Waals surface area contributed by atoms with Crippen molar-refractivity contribution in [3.8, 4) is 5.75 Å². The molecule has 0 bridgehead atoms. The molecule has 0 amide bonds. The summed E-state index contributed by atoms with van der Waals surface area (Å²) in [5.74, 6) is 1.35. The summed E-state index contributed by atoms with van der Waals surface area (Å²) in [5, 5.41) is 16.6. The standard InChI is InChI=1S/C27H32N4O2/c1-17(16-31(3)4)5-7-19-8-10-22-20(13-19)14-25(33)26-23(11-12-28-27(26)30-22)29-24-15-21(32)9-6-18(24)2/h6,8-13,15,17,32H,5,7,14,16H2,1-4H3,(H2,28,29,30). The highest BCUT2D eigenvalue weighted by atomic mass is 16.3. The lowest BCUT2D eigenvalue weighted by Gasteiger charge is -2.17. The molecule has 172 valence electrons. The Morgan fingerprint density at radius 2 is 1.97 bits per heavy atom. The van der Waals surface area contributed by atoms with Crippen LogP contribution in [0.5, 0.6) is 5.75 Å². The van der Waals surface area contributed by atoms with E-state index in [4.69, 9.17) is 0 Å². The van der Waals surface area contributed by atoms with Crippen LogP contribution >= 0.6 is 0 Å². The third-order valence-electron chi connectivity index (χ3n) is 6.10. The summed E-state index contributed by atoms with van der Waals surface area (Å²) in [4.78, 5) is 20.0. The summed E-state index contributed by atoms with van der Waals surface area (Å²) in [6, 6.07) is 13.3. The number of anilines is 4. The van der Waals surface area contributed by atoms with Gasteiger partial charge in [0.05, 0.1) is 11.3 Å². The fraction of sp³-hybridized carbons (Fsp3) is 0.333. The highest BCUT2D eigenvalue weighted by Crippen LogP contribution is 2.35. The molecule has 1 aromatic heterocycles. The number of hydrogen-bond acceptors (Lipinski definition) is 6. The van der Waals surface area contributed by atoms with E-state index in [-0.39, 0.29) is 11.5 Å². The van der Waals surface area contributed by atoms with Crippen LogP contribution in [0.25, 0.3) is 0 Å². The minimum atomic E-state index is 0.0165. The molecule has 4 rings (SSSR count). The second-order valence-corrected chi connectivity index (χ2v) is 9.33. The van der Waals surface area contributed by atoms with Gasteiger partial charge in [-0.2, -0.15) is 0 Å².